The summed E-state index contributed by atoms with van der Waals surface area (Å²) in [7, 11) is 0. The SMILES string of the molecule is Nc1cc([N+](=O)[O-])ccc1C(=O)OCC(=O)Nc1ccc(N2CCCC2)cc1. The summed E-state index contributed by atoms with van der Waals surface area (Å²) < 4.78 is 4.94. The Bertz CT molecular complexity index is 892. The number of hydrogen-bond donors (Lipinski definition) is 2. The van der Waals surface area contributed by atoms with Gasteiger partial charge in [-0.3, -0.25) is 14.9 Å². The fourth-order valence-corrected chi connectivity index (χ4v) is 2.99. The van der Waals surface area contributed by atoms with E-state index >= 15 is 0 Å². The maximum atomic E-state index is 12.0. The van der Waals surface area contributed by atoms with Crippen molar-refractivity contribution in [1.29, 1.82) is 0 Å². The second kappa shape index (κ2) is 8.38. The predicted octanol–water partition coefficient (Wildman–Crippen LogP) is 2.57. The molecular formula is C19H20N4O5. The molecule has 2 aromatic carbocycles. The van der Waals surface area contributed by atoms with Crippen molar-refractivity contribution in [3.05, 3.63) is 58.1 Å². The fourth-order valence-electron chi connectivity index (χ4n) is 2.99. The Kier molecular flexibility index (Phi) is 5.73. The predicted molar refractivity (Wildman–Crippen MR) is 104 cm³/mol. The number of carbonyl (C=O) groups is 2. The third-order valence-corrected chi connectivity index (χ3v) is 4.42. The summed E-state index contributed by atoms with van der Waals surface area (Å²) in [6.45, 7) is 1.57. The first-order valence-electron chi connectivity index (χ1n) is 8.80. The molecule has 0 aliphatic carbocycles. The quantitative estimate of drug-likeness (QED) is 0.339. The summed E-state index contributed by atoms with van der Waals surface area (Å²) in [6.07, 6.45) is 2.37. The first-order chi connectivity index (χ1) is 13.4. The number of benzene rings is 2. The van der Waals surface area contributed by atoms with Crippen molar-refractivity contribution in [2.45, 2.75) is 12.8 Å². The van der Waals surface area contributed by atoms with Crippen LogP contribution in [-0.2, 0) is 9.53 Å². The minimum atomic E-state index is -0.827. The van der Waals surface area contributed by atoms with Crippen molar-refractivity contribution in [1.82, 2.24) is 0 Å². The molecule has 3 N–H and O–H groups in total. The van der Waals surface area contributed by atoms with Gasteiger partial charge in [0.2, 0.25) is 0 Å². The van der Waals surface area contributed by atoms with E-state index in [0.29, 0.717) is 5.69 Å². The average molecular weight is 384 g/mol. The smallest absolute Gasteiger partial charge is 0.340 e. The van der Waals surface area contributed by atoms with Crippen LogP contribution in [0.4, 0.5) is 22.7 Å². The molecule has 28 heavy (non-hydrogen) atoms. The van der Waals surface area contributed by atoms with Gasteiger partial charge in [-0.15, -0.1) is 0 Å². The lowest BCUT2D eigenvalue weighted by atomic mass is 10.1. The summed E-state index contributed by atoms with van der Waals surface area (Å²) in [5, 5.41) is 13.3. The van der Waals surface area contributed by atoms with Crippen molar-refractivity contribution in [2.24, 2.45) is 0 Å². The van der Waals surface area contributed by atoms with E-state index in [2.05, 4.69) is 10.2 Å². The van der Waals surface area contributed by atoms with Gasteiger partial charge in [0.1, 0.15) is 0 Å². The van der Waals surface area contributed by atoms with Gasteiger partial charge in [-0.05, 0) is 43.2 Å². The van der Waals surface area contributed by atoms with Crippen molar-refractivity contribution < 1.29 is 19.2 Å². The fraction of sp³-hybridized carbons (Fsp3) is 0.263. The molecule has 0 saturated carbocycles. The van der Waals surface area contributed by atoms with Crippen molar-refractivity contribution >= 4 is 34.6 Å². The van der Waals surface area contributed by atoms with E-state index in [0.717, 1.165) is 30.9 Å². The van der Waals surface area contributed by atoms with Crippen LogP contribution in [0.15, 0.2) is 42.5 Å². The molecule has 0 bridgehead atoms. The molecular weight excluding hydrogens is 364 g/mol. The van der Waals surface area contributed by atoms with E-state index in [1.165, 1.54) is 18.9 Å². The lowest BCUT2D eigenvalue weighted by molar-refractivity contribution is -0.384. The van der Waals surface area contributed by atoms with Gasteiger partial charge in [-0.2, -0.15) is 0 Å². The summed E-state index contributed by atoms with van der Waals surface area (Å²) >= 11 is 0. The zero-order valence-electron chi connectivity index (χ0n) is 15.1. The Morgan fingerprint density at radius 3 is 2.43 bits per heavy atom. The molecule has 9 heteroatoms. The molecule has 9 nitrogen and oxygen atoms in total. The zero-order valence-corrected chi connectivity index (χ0v) is 15.1. The molecule has 0 spiro atoms. The molecule has 1 amide bonds. The van der Waals surface area contributed by atoms with Crippen LogP contribution < -0.4 is 16.0 Å². The van der Waals surface area contributed by atoms with Crippen molar-refractivity contribution in [2.75, 3.05) is 35.6 Å². The highest BCUT2D eigenvalue weighted by Gasteiger charge is 2.17. The molecule has 0 atom stereocenters. The van der Waals surface area contributed by atoms with Crippen LogP contribution in [0.2, 0.25) is 0 Å². The van der Waals surface area contributed by atoms with Gasteiger partial charge in [0, 0.05) is 36.6 Å². The number of nitrogens with two attached hydrogens (primary N) is 1. The third kappa shape index (κ3) is 4.56. The number of nitrogens with one attached hydrogen (secondary N) is 1. The number of anilines is 3. The Labute approximate surface area is 161 Å². The molecule has 146 valence electrons. The molecule has 2 aromatic rings. The number of esters is 1. The van der Waals surface area contributed by atoms with E-state index in [9.17, 15) is 19.7 Å². The molecule has 0 radical (unpaired) electrons. The van der Waals surface area contributed by atoms with E-state index < -0.39 is 23.4 Å². The van der Waals surface area contributed by atoms with Gasteiger partial charge < -0.3 is 20.7 Å². The second-order valence-corrected chi connectivity index (χ2v) is 6.39. The summed E-state index contributed by atoms with van der Waals surface area (Å²) in [4.78, 5) is 36.4. The van der Waals surface area contributed by atoms with Crippen LogP contribution in [0, 0.1) is 10.1 Å². The maximum Gasteiger partial charge on any atom is 0.340 e. The maximum absolute atomic E-state index is 12.0. The van der Waals surface area contributed by atoms with Gasteiger partial charge in [0.25, 0.3) is 11.6 Å². The second-order valence-electron chi connectivity index (χ2n) is 6.39. The summed E-state index contributed by atoms with van der Waals surface area (Å²) in [5.41, 5.74) is 7.00. The number of hydrogen-bond acceptors (Lipinski definition) is 7. The van der Waals surface area contributed by atoms with Crippen LogP contribution in [0.25, 0.3) is 0 Å². The standard InChI is InChI=1S/C19H20N4O5/c20-17-11-15(23(26)27)7-8-16(17)19(25)28-12-18(24)21-13-3-5-14(6-4-13)22-9-1-2-10-22/h3-8,11H,1-2,9-10,12,20H2,(H,21,24). The highest BCUT2D eigenvalue weighted by atomic mass is 16.6. The molecule has 1 aliphatic rings. The number of nitro benzene ring substituents is 1. The molecule has 1 heterocycles. The summed E-state index contributed by atoms with van der Waals surface area (Å²) in [6, 6.07) is 10.9. The molecule has 1 fully saturated rings. The zero-order chi connectivity index (χ0) is 20.1. The molecule has 0 aromatic heterocycles. The largest absolute Gasteiger partial charge is 0.452 e. The van der Waals surface area contributed by atoms with Gasteiger partial charge in [-0.1, -0.05) is 0 Å². The minimum Gasteiger partial charge on any atom is -0.452 e. The average Bonchev–Trinajstić information content (AvgIpc) is 3.21. The number of non-ortho nitro benzene ring substituents is 1. The van der Waals surface area contributed by atoms with E-state index in [1.807, 2.05) is 12.1 Å². The third-order valence-electron chi connectivity index (χ3n) is 4.42. The Balaban J connectivity index is 1.52. The number of nitrogens with zero attached hydrogens (tertiary/aromatic N) is 2. The number of nitrogen functional groups attached to an aromatic ring is 1. The monoisotopic (exact) mass is 384 g/mol. The number of ether oxygens (including phenoxy) is 1. The van der Waals surface area contributed by atoms with Gasteiger partial charge in [0.05, 0.1) is 16.2 Å². The minimum absolute atomic E-state index is 0.0339. The Morgan fingerprint density at radius 2 is 1.82 bits per heavy atom. The van der Waals surface area contributed by atoms with Crippen LogP contribution in [0.3, 0.4) is 0 Å². The normalized spacial score (nSPS) is 13.2. The topological polar surface area (TPSA) is 128 Å². The first-order valence-corrected chi connectivity index (χ1v) is 8.80. The van der Waals surface area contributed by atoms with Crippen LogP contribution in [0.5, 0.6) is 0 Å². The number of amides is 1. The van der Waals surface area contributed by atoms with Crippen LogP contribution >= 0.6 is 0 Å². The number of nitro groups is 1. The lowest BCUT2D eigenvalue weighted by Gasteiger charge is -2.17. The van der Waals surface area contributed by atoms with Crippen LogP contribution in [0.1, 0.15) is 23.2 Å². The van der Waals surface area contributed by atoms with Gasteiger partial charge in [-0.25, -0.2) is 4.79 Å². The molecule has 0 unspecified atom stereocenters. The Hall–Kier alpha value is -3.62. The number of carbonyl (C=O) groups excluding carboxylic acids is 2. The highest BCUT2D eigenvalue weighted by Crippen LogP contribution is 2.22. The van der Waals surface area contributed by atoms with E-state index in [1.54, 1.807) is 12.1 Å². The van der Waals surface area contributed by atoms with Crippen molar-refractivity contribution in [3.8, 4) is 0 Å². The van der Waals surface area contributed by atoms with Gasteiger partial charge >= 0.3 is 5.97 Å². The van der Waals surface area contributed by atoms with Crippen LogP contribution in [-0.4, -0.2) is 36.5 Å². The summed E-state index contributed by atoms with van der Waals surface area (Å²) in [5.74, 6) is -1.32. The highest BCUT2D eigenvalue weighted by molar-refractivity contribution is 5.98. The van der Waals surface area contributed by atoms with Gasteiger partial charge in [0.15, 0.2) is 6.61 Å². The molecule has 1 aliphatic heterocycles. The van der Waals surface area contributed by atoms with E-state index in [4.69, 9.17) is 10.5 Å². The molecule has 1 saturated heterocycles. The van der Waals surface area contributed by atoms with Crippen molar-refractivity contribution in [3.63, 3.8) is 0 Å². The number of rotatable bonds is 6. The molecule has 3 rings (SSSR count). The first kappa shape index (κ1) is 19.2. The lowest BCUT2D eigenvalue weighted by Crippen LogP contribution is -2.21. The Morgan fingerprint density at radius 1 is 1.14 bits per heavy atom. The van der Waals surface area contributed by atoms with E-state index in [-0.39, 0.29) is 16.9 Å².